The van der Waals surface area contributed by atoms with Crippen molar-refractivity contribution in [2.45, 2.75) is 25.6 Å². The lowest BCUT2D eigenvalue weighted by Crippen LogP contribution is -2.35. The molecule has 0 radical (unpaired) electrons. The fourth-order valence-electron chi connectivity index (χ4n) is 1.81. The van der Waals surface area contributed by atoms with Gasteiger partial charge in [0.1, 0.15) is 17.7 Å². The number of hydrogen-bond donors (Lipinski definition) is 2. The molecule has 1 aliphatic heterocycles. The predicted octanol–water partition coefficient (Wildman–Crippen LogP) is 0.923. The van der Waals surface area contributed by atoms with Crippen LogP contribution in [0.15, 0.2) is 18.2 Å². The molecule has 1 fully saturated rings. The van der Waals surface area contributed by atoms with E-state index in [9.17, 15) is 14.0 Å². The Labute approximate surface area is 104 Å². The first kappa shape index (κ1) is 12.6. The maximum Gasteiger partial charge on any atom is 0.242 e. The molecule has 2 atom stereocenters. The van der Waals surface area contributed by atoms with Crippen LogP contribution in [-0.2, 0) is 4.79 Å². The molecule has 1 aliphatic rings. The first-order chi connectivity index (χ1) is 8.56. The molecule has 2 N–H and O–H groups in total. The van der Waals surface area contributed by atoms with Gasteiger partial charge < -0.3 is 10.6 Å². The van der Waals surface area contributed by atoms with Crippen LogP contribution in [0.25, 0.3) is 0 Å². The van der Waals surface area contributed by atoms with E-state index in [0.29, 0.717) is 5.82 Å². The van der Waals surface area contributed by atoms with Crippen molar-refractivity contribution in [3.05, 3.63) is 23.9 Å². The number of Topliss-reactive ketones (excluding diaryl/α,β-unsaturated/α-hetero) is 1. The van der Waals surface area contributed by atoms with Gasteiger partial charge in [0, 0.05) is 19.9 Å². The molecule has 5 nitrogen and oxygen atoms in total. The highest BCUT2D eigenvalue weighted by atomic mass is 19.1. The number of alkyl halides is 1. The largest absolute Gasteiger partial charge is 0.309 e. The maximum atomic E-state index is 12.9. The zero-order valence-electron chi connectivity index (χ0n) is 9.94. The normalized spacial score (nSPS) is 22.8. The number of anilines is 1. The maximum absolute atomic E-state index is 12.9. The fraction of sp³-hybridized carbons (Fsp3) is 0.417. The quantitative estimate of drug-likeness (QED) is 0.784. The number of ketones is 1. The van der Waals surface area contributed by atoms with Crippen molar-refractivity contribution in [2.24, 2.45) is 0 Å². The summed E-state index contributed by atoms with van der Waals surface area (Å²) in [6.07, 6.45) is -0.824. The Bertz CT molecular complexity index is 478. The number of nitrogens with one attached hydrogen (secondary N) is 2. The summed E-state index contributed by atoms with van der Waals surface area (Å²) in [6, 6.07) is 4.26. The lowest BCUT2D eigenvalue weighted by atomic mass is 10.2. The van der Waals surface area contributed by atoms with Crippen molar-refractivity contribution >= 4 is 17.5 Å². The Hall–Kier alpha value is -1.82. The van der Waals surface area contributed by atoms with Crippen molar-refractivity contribution in [1.29, 1.82) is 0 Å². The molecule has 0 aliphatic carbocycles. The van der Waals surface area contributed by atoms with Gasteiger partial charge in [-0.1, -0.05) is 6.07 Å². The third-order valence-electron chi connectivity index (χ3n) is 2.75. The molecule has 2 heterocycles. The Morgan fingerprint density at radius 1 is 1.50 bits per heavy atom. The molecule has 18 heavy (non-hydrogen) atoms. The Morgan fingerprint density at radius 3 is 2.89 bits per heavy atom. The SMILES string of the molecule is CC(=O)c1cccc(NC(=O)C2CC(F)CN2)n1. The average molecular weight is 251 g/mol. The third-order valence-corrected chi connectivity index (χ3v) is 2.75. The van der Waals surface area contributed by atoms with Crippen LogP contribution in [0.2, 0.25) is 0 Å². The van der Waals surface area contributed by atoms with Crippen molar-refractivity contribution in [3.8, 4) is 0 Å². The van der Waals surface area contributed by atoms with Crippen LogP contribution in [0, 0.1) is 0 Å². The summed E-state index contributed by atoms with van der Waals surface area (Å²) >= 11 is 0. The number of pyridine rings is 1. The number of nitrogens with zero attached hydrogens (tertiary/aromatic N) is 1. The van der Waals surface area contributed by atoms with Gasteiger partial charge in [-0.05, 0) is 12.1 Å². The van der Waals surface area contributed by atoms with E-state index in [2.05, 4.69) is 15.6 Å². The first-order valence-electron chi connectivity index (χ1n) is 5.72. The molecule has 2 rings (SSSR count). The molecule has 0 spiro atoms. The lowest BCUT2D eigenvalue weighted by Gasteiger charge is -2.10. The Kier molecular flexibility index (Phi) is 3.66. The Balaban J connectivity index is 2.03. The average Bonchev–Trinajstić information content (AvgIpc) is 2.76. The molecule has 1 aromatic heterocycles. The molecule has 96 valence electrons. The second-order valence-electron chi connectivity index (χ2n) is 4.25. The molecule has 0 saturated carbocycles. The van der Waals surface area contributed by atoms with Crippen LogP contribution in [0.4, 0.5) is 10.2 Å². The van der Waals surface area contributed by atoms with Gasteiger partial charge in [-0.3, -0.25) is 9.59 Å². The zero-order valence-corrected chi connectivity index (χ0v) is 9.94. The number of carbonyl (C=O) groups is 2. The topological polar surface area (TPSA) is 71.1 Å². The molecule has 1 saturated heterocycles. The monoisotopic (exact) mass is 251 g/mol. The van der Waals surface area contributed by atoms with Gasteiger partial charge in [0.15, 0.2) is 5.78 Å². The number of hydrogen-bond acceptors (Lipinski definition) is 4. The number of amides is 1. The smallest absolute Gasteiger partial charge is 0.242 e. The minimum atomic E-state index is -0.989. The van der Waals surface area contributed by atoms with Crippen LogP contribution >= 0.6 is 0 Å². The highest BCUT2D eigenvalue weighted by Crippen LogP contribution is 2.12. The molecule has 6 heteroatoms. The minimum absolute atomic E-state index is 0.165. The summed E-state index contributed by atoms with van der Waals surface area (Å²) in [4.78, 5) is 26.9. The lowest BCUT2D eigenvalue weighted by molar-refractivity contribution is -0.117. The fourth-order valence-corrected chi connectivity index (χ4v) is 1.81. The summed E-state index contributed by atoms with van der Waals surface area (Å²) in [6.45, 7) is 1.60. The molecule has 0 aromatic carbocycles. The van der Waals surface area contributed by atoms with E-state index in [4.69, 9.17) is 0 Å². The van der Waals surface area contributed by atoms with Crippen LogP contribution in [0.3, 0.4) is 0 Å². The van der Waals surface area contributed by atoms with Crippen LogP contribution in [-0.4, -0.2) is 35.4 Å². The van der Waals surface area contributed by atoms with Gasteiger partial charge in [0.25, 0.3) is 0 Å². The number of carbonyl (C=O) groups excluding carboxylic acids is 2. The minimum Gasteiger partial charge on any atom is -0.309 e. The van der Waals surface area contributed by atoms with E-state index in [0.717, 1.165) is 0 Å². The van der Waals surface area contributed by atoms with E-state index in [1.165, 1.54) is 6.92 Å². The highest BCUT2D eigenvalue weighted by molar-refractivity contribution is 5.96. The van der Waals surface area contributed by atoms with E-state index in [1.807, 2.05) is 0 Å². The molecule has 0 bridgehead atoms. The van der Waals surface area contributed by atoms with E-state index < -0.39 is 12.2 Å². The van der Waals surface area contributed by atoms with Crippen molar-refractivity contribution in [3.63, 3.8) is 0 Å². The number of halogens is 1. The van der Waals surface area contributed by atoms with Crippen molar-refractivity contribution in [1.82, 2.24) is 10.3 Å². The summed E-state index contributed by atoms with van der Waals surface area (Å²) in [7, 11) is 0. The third kappa shape index (κ3) is 2.89. The van der Waals surface area contributed by atoms with Crippen LogP contribution < -0.4 is 10.6 Å². The van der Waals surface area contributed by atoms with Crippen LogP contribution in [0.5, 0.6) is 0 Å². The molecular formula is C12H14FN3O2. The van der Waals surface area contributed by atoms with E-state index in [-0.39, 0.29) is 30.3 Å². The molecule has 1 amide bonds. The van der Waals surface area contributed by atoms with Gasteiger partial charge in [-0.25, -0.2) is 9.37 Å². The summed E-state index contributed by atoms with van der Waals surface area (Å²) in [5.74, 6) is -0.200. The molecule has 1 aromatic rings. The van der Waals surface area contributed by atoms with Gasteiger partial charge in [0.05, 0.1) is 6.04 Å². The van der Waals surface area contributed by atoms with E-state index in [1.54, 1.807) is 18.2 Å². The van der Waals surface area contributed by atoms with Gasteiger partial charge in [0.2, 0.25) is 5.91 Å². The van der Waals surface area contributed by atoms with Crippen molar-refractivity contribution < 1.29 is 14.0 Å². The Morgan fingerprint density at radius 2 is 2.28 bits per heavy atom. The van der Waals surface area contributed by atoms with Gasteiger partial charge in [-0.15, -0.1) is 0 Å². The standard InChI is InChI=1S/C12H14FN3O2/c1-7(17)9-3-2-4-11(15-9)16-12(18)10-5-8(13)6-14-10/h2-4,8,10,14H,5-6H2,1H3,(H,15,16,18). The van der Waals surface area contributed by atoms with Crippen LogP contribution in [0.1, 0.15) is 23.8 Å². The second kappa shape index (κ2) is 5.22. The number of rotatable bonds is 3. The second-order valence-corrected chi connectivity index (χ2v) is 4.25. The predicted molar refractivity (Wildman–Crippen MR) is 64.2 cm³/mol. The summed E-state index contributed by atoms with van der Waals surface area (Å²) in [5.41, 5.74) is 0.288. The number of aromatic nitrogens is 1. The molecular weight excluding hydrogens is 237 g/mol. The summed E-state index contributed by atoms with van der Waals surface area (Å²) < 4.78 is 12.9. The van der Waals surface area contributed by atoms with Crippen molar-refractivity contribution in [2.75, 3.05) is 11.9 Å². The molecule has 2 unspecified atom stereocenters. The van der Waals surface area contributed by atoms with Gasteiger partial charge in [-0.2, -0.15) is 0 Å². The van der Waals surface area contributed by atoms with E-state index >= 15 is 0 Å². The zero-order chi connectivity index (χ0) is 13.1. The first-order valence-corrected chi connectivity index (χ1v) is 5.72. The highest BCUT2D eigenvalue weighted by Gasteiger charge is 2.29. The van der Waals surface area contributed by atoms with Gasteiger partial charge >= 0.3 is 0 Å². The summed E-state index contributed by atoms with van der Waals surface area (Å²) in [5, 5.41) is 5.35.